The molecule has 0 radical (unpaired) electrons. The van der Waals surface area contributed by atoms with Crippen molar-refractivity contribution in [1.29, 1.82) is 0 Å². The van der Waals surface area contributed by atoms with E-state index < -0.39 is 0 Å². The number of hydrogen-bond acceptors (Lipinski definition) is 5. The van der Waals surface area contributed by atoms with Gasteiger partial charge in [-0.2, -0.15) is 0 Å². The van der Waals surface area contributed by atoms with Gasteiger partial charge in [0.05, 0.1) is 12.5 Å². The number of nitrogens with zero attached hydrogens (tertiary/aromatic N) is 2. The molecule has 2 aromatic heterocycles. The van der Waals surface area contributed by atoms with Crippen molar-refractivity contribution in [3.05, 3.63) is 36.0 Å². The van der Waals surface area contributed by atoms with Gasteiger partial charge in [-0.15, -0.1) is 0 Å². The topological polar surface area (TPSA) is 63.0 Å². The van der Waals surface area contributed by atoms with Gasteiger partial charge in [-0.25, -0.2) is 9.97 Å². The fraction of sp³-hybridized carbons (Fsp3) is 0.429. The second-order valence-corrected chi connectivity index (χ2v) is 4.31. The first-order valence-electron chi connectivity index (χ1n) is 6.67. The molecule has 0 fully saturated rings. The van der Waals surface area contributed by atoms with Crippen LogP contribution in [0.4, 0.5) is 11.6 Å². The highest BCUT2D eigenvalue weighted by molar-refractivity contribution is 5.57. The average Bonchev–Trinajstić information content (AvgIpc) is 2.93. The van der Waals surface area contributed by atoms with Gasteiger partial charge < -0.3 is 15.1 Å². The van der Waals surface area contributed by atoms with E-state index in [1.807, 2.05) is 6.07 Å². The smallest absolute Gasteiger partial charge is 0.134 e. The molecule has 5 nitrogen and oxygen atoms in total. The maximum absolute atomic E-state index is 5.06. The molecule has 2 heterocycles. The third-order valence-electron chi connectivity index (χ3n) is 2.83. The van der Waals surface area contributed by atoms with Crippen molar-refractivity contribution in [3.63, 3.8) is 0 Å². The van der Waals surface area contributed by atoms with Crippen molar-refractivity contribution in [2.24, 2.45) is 0 Å². The summed E-state index contributed by atoms with van der Waals surface area (Å²) in [7, 11) is 0. The van der Waals surface area contributed by atoms with Crippen LogP contribution >= 0.6 is 0 Å². The molecule has 0 aliphatic rings. The van der Waals surface area contributed by atoms with Crippen LogP contribution in [0.15, 0.2) is 29.3 Å². The molecule has 0 amide bonds. The molecule has 0 saturated carbocycles. The van der Waals surface area contributed by atoms with Crippen molar-refractivity contribution >= 4 is 11.6 Å². The minimum absolute atomic E-state index is 0.704. The summed E-state index contributed by atoms with van der Waals surface area (Å²) in [6, 6.07) is 1.94. The van der Waals surface area contributed by atoms with Crippen molar-refractivity contribution in [1.82, 2.24) is 9.97 Å². The molecule has 19 heavy (non-hydrogen) atoms. The number of nitrogens with one attached hydrogen (secondary N) is 2. The van der Waals surface area contributed by atoms with E-state index in [1.54, 1.807) is 18.9 Å². The maximum Gasteiger partial charge on any atom is 0.134 e. The molecule has 0 atom stereocenters. The van der Waals surface area contributed by atoms with E-state index in [0.717, 1.165) is 42.1 Å². The summed E-state index contributed by atoms with van der Waals surface area (Å²) in [5, 5.41) is 6.63. The third-order valence-corrected chi connectivity index (χ3v) is 2.83. The quantitative estimate of drug-likeness (QED) is 0.801. The molecule has 2 N–H and O–H groups in total. The van der Waals surface area contributed by atoms with Crippen LogP contribution in [0.3, 0.4) is 0 Å². The highest BCUT2D eigenvalue weighted by Crippen LogP contribution is 2.22. The fourth-order valence-corrected chi connectivity index (χ4v) is 1.95. The Balaban J connectivity index is 2.15. The van der Waals surface area contributed by atoms with Gasteiger partial charge in [-0.1, -0.05) is 13.3 Å². The molecule has 102 valence electrons. The lowest BCUT2D eigenvalue weighted by atomic mass is 10.1. The summed E-state index contributed by atoms with van der Waals surface area (Å²) in [4.78, 5) is 8.66. The molecule has 0 spiro atoms. The molecule has 5 heteroatoms. The summed E-state index contributed by atoms with van der Waals surface area (Å²) >= 11 is 0. The van der Waals surface area contributed by atoms with E-state index in [4.69, 9.17) is 4.42 Å². The Bertz CT molecular complexity index is 496. The molecule has 2 aromatic rings. The third kappa shape index (κ3) is 3.47. The lowest BCUT2D eigenvalue weighted by molar-refractivity contribution is 0.564. The fourth-order valence-electron chi connectivity index (χ4n) is 1.95. The lowest BCUT2D eigenvalue weighted by Gasteiger charge is -2.14. The van der Waals surface area contributed by atoms with Gasteiger partial charge >= 0.3 is 0 Å². The van der Waals surface area contributed by atoms with Gasteiger partial charge in [0.1, 0.15) is 18.0 Å². The Morgan fingerprint density at radius 1 is 1.16 bits per heavy atom. The van der Waals surface area contributed by atoms with Crippen molar-refractivity contribution in [2.75, 3.05) is 17.2 Å². The van der Waals surface area contributed by atoms with E-state index in [2.05, 4.69) is 34.4 Å². The Morgan fingerprint density at radius 2 is 1.95 bits per heavy atom. The Hall–Kier alpha value is -2.04. The molecular formula is C14H20N4O. The van der Waals surface area contributed by atoms with Crippen molar-refractivity contribution in [2.45, 2.75) is 33.2 Å². The highest BCUT2D eigenvalue weighted by Gasteiger charge is 2.10. The van der Waals surface area contributed by atoms with E-state index in [9.17, 15) is 0 Å². The van der Waals surface area contributed by atoms with Crippen LogP contribution in [-0.2, 0) is 13.0 Å². The summed E-state index contributed by atoms with van der Waals surface area (Å²) in [5.74, 6) is 1.82. The zero-order valence-electron chi connectivity index (χ0n) is 11.4. The first-order chi connectivity index (χ1) is 9.35. The zero-order valence-corrected chi connectivity index (χ0v) is 11.4. The molecule has 2 rings (SSSR count). The molecule has 0 aliphatic carbocycles. The Labute approximate surface area is 113 Å². The largest absolute Gasteiger partial charge is 0.472 e. The molecule has 0 aliphatic heterocycles. The second-order valence-electron chi connectivity index (χ2n) is 4.31. The predicted octanol–water partition coefficient (Wildman–Crippen LogP) is 3.07. The van der Waals surface area contributed by atoms with Crippen LogP contribution in [-0.4, -0.2) is 16.5 Å². The standard InChI is InChI=1S/C14H20N4O/c1-3-5-12-13(15-4-2)17-10-18-14(12)16-8-11-6-7-19-9-11/h6-7,9-10H,3-5,8H2,1-2H3,(H2,15,16,17,18). The van der Waals surface area contributed by atoms with E-state index in [-0.39, 0.29) is 0 Å². The van der Waals surface area contributed by atoms with Crippen LogP contribution in [0.5, 0.6) is 0 Å². The number of furan rings is 1. The minimum atomic E-state index is 0.704. The Kier molecular flexibility index (Phi) is 4.78. The number of rotatable bonds is 7. The van der Waals surface area contributed by atoms with E-state index in [1.165, 1.54) is 0 Å². The molecule has 0 unspecified atom stereocenters. The van der Waals surface area contributed by atoms with Gasteiger partial charge in [0.2, 0.25) is 0 Å². The van der Waals surface area contributed by atoms with Gasteiger partial charge in [-0.05, 0) is 19.4 Å². The summed E-state index contributed by atoms with van der Waals surface area (Å²) in [6.07, 6.45) is 7.02. The van der Waals surface area contributed by atoms with Crippen LogP contribution in [0.25, 0.3) is 0 Å². The Morgan fingerprint density at radius 3 is 2.58 bits per heavy atom. The summed E-state index contributed by atoms with van der Waals surface area (Å²) in [6.45, 7) is 5.78. The molecule has 0 saturated heterocycles. The van der Waals surface area contributed by atoms with Crippen LogP contribution in [0.2, 0.25) is 0 Å². The monoisotopic (exact) mass is 260 g/mol. The number of aromatic nitrogens is 2. The molecular weight excluding hydrogens is 240 g/mol. The SMILES string of the molecule is CCCc1c(NCC)ncnc1NCc1ccoc1. The van der Waals surface area contributed by atoms with Crippen LogP contribution in [0.1, 0.15) is 31.4 Å². The van der Waals surface area contributed by atoms with E-state index in [0.29, 0.717) is 6.54 Å². The van der Waals surface area contributed by atoms with Crippen LogP contribution < -0.4 is 10.6 Å². The predicted molar refractivity (Wildman–Crippen MR) is 76.2 cm³/mol. The number of hydrogen-bond donors (Lipinski definition) is 2. The number of anilines is 2. The average molecular weight is 260 g/mol. The second kappa shape index (κ2) is 6.78. The first kappa shape index (κ1) is 13.4. The van der Waals surface area contributed by atoms with Gasteiger partial charge in [0, 0.05) is 24.2 Å². The summed E-state index contributed by atoms with van der Waals surface area (Å²) in [5.41, 5.74) is 2.25. The van der Waals surface area contributed by atoms with Crippen LogP contribution in [0, 0.1) is 0 Å². The zero-order chi connectivity index (χ0) is 13.5. The minimum Gasteiger partial charge on any atom is -0.472 e. The van der Waals surface area contributed by atoms with E-state index >= 15 is 0 Å². The molecule has 0 aromatic carbocycles. The van der Waals surface area contributed by atoms with Gasteiger partial charge in [-0.3, -0.25) is 0 Å². The normalized spacial score (nSPS) is 10.4. The van der Waals surface area contributed by atoms with Gasteiger partial charge in [0.15, 0.2) is 0 Å². The van der Waals surface area contributed by atoms with Crippen molar-refractivity contribution in [3.8, 4) is 0 Å². The maximum atomic E-state index is 5.06. The highest BCUT2D eigenvalue weighted by atomic mass is 16.3. The molecule has 0 bridgehead atoms. The van der Waals surface area contributed by atoms with Gasteiger partial charge in [0.25, 0.3) is 0 Å². The first-order valence-corrected chi connectivity index (χ1v) is 6.67. The lowest BCUT2D eigenvalue weighted by Crippen LogP contribution is -2.10. The summed E-state index contributed by atoms with van der Waals surface area (Å²) < 4.78 is 5.06. The van der Waals surface area contributed by atoms with Crippen molar-refractivity contribution < 1.29 is 4.42 Å².